The van der Waals surface area contributed by atoms with Crippen molar-refractivity contribution in [3.8, 4) is 17.2 Å². The molecular weight excluding hydrogens is 416 g/mol. The van der Waals surface area contributed by atoms with Gasteiger partial charge in [0.15, 0.2) is 11.5 Å². The van der Waals surface area contributed by atoms with Gasteiger partial charge in [-0.25, -0.2) is 0 Å². The van der Waals surface area contributed by atoms with Gasteiger partial charge in [-0.05, 0) is 54.1 Å². The number of hydrogen-bond acceptors (Lipinski definition) is 5. The van der Waals surface area contributed by atoms with Crippen LogP contribution in [0.4, 0.5) is 0 Å². The molecule has 0 radical (unpaired) electrons. The lowest BCUT2D eigenvalue weighted by Gasteiger charge is -2.14. The van der Waals surface area contributed by atoms with Gasteiger partial charge in [-0.1, -0.05) is 36.4 Å². The van der Waals surface area contributed by atoms with Gasteiger partial charge in [0.2, 0.25) is 0 Å². The van der Waals surface area contributed by atoms with Crippen molar-refractivity contribution in [2.24, 2.45) is 0 Å². The van der Waals surface area contributed by atoms with Crippen LogP contribution in [0.25, 0.3) is 10.8 Å². The van der Waals surface area contributed by atoms with E-state index in [2.05, 4.69) is 16.4 Å². The first-order valence-electron chi connectivity index (χ1n) is 10.9. The molecule has 0 aliphatic rings. The number of rotatable bonds is 10. The van der Waals surface area contributed by atoms with Crippen molar-refractivity contribution in [2.45, 2.75) is 13.5 Å². The summed E-state index contributed by atoms with van der Waals surface area (Å²) in [6.45, 7) is 3.48. The maximum atomic E-state index is 12.6. The number of ether oxygens (including phenoxy) is 3. The van der Waals surface area contributed by atoms with E-state index in [1.54, 1.807) is 30.6 Å². The summed E-state index contributed by atoms with van der Waals surface area (Å²) in [6, 6.07) is 23.0. The van der Waals surface area contributed by atoms with Gasteiger partial charge in [-0.15, -0.1) is 0 Å². The summed E-state index contributed by atoms with van der Waals surface area (Å²) < 4.78 is 17.4. The molecule has 6 heteroatoms. The van der Waals surface area contributed by atoms with Crippen molar-refractivity contribution < 1.29 is 19.0 Å². The minimum Gasteiger partial charge on any atom is -0.492 e. The highest BCUT2D eigenvalue weighted by Crippen LogP contribution is 2.29. The molecule has 0 bridgehead atoms. The van der Waals surface area contributed by atoms with E-state index in [1.807, 2.05) is 55.5 Å². The average molecular weight is 443 g/mol. The molecule has 4 rings (SSSR count). The number of aromatic nitrogens is 1. The monoisotopic (exact) mass is 442 g/mol. The van der Waals surface area contributed by atoms with Gasteiger partial charge in [0.05, 0.1) is 13.2 Å². The molecule has 0 fully saturated rings. The molecule has 1 aromatic heterocycles. The summed E-state index contributed by atoms with van der Waals surface area (Å²) in [5.74, 6) is 1.69. The normalized spacial score (nSPS) is 10.6. The second-order valence-electron chi connectivity index (χ2n) is 7.36. The topological polar surface area (TPSA) is 69.7 Å². The molecule has 0 unspecified atom stereocenters. The van der Waals surface area contributed by atoms with Gasteiger partial charge in [-0.2, -0.15) is 0 Å². The van der Waals surface area contributed by atoms with Gasteiger partial charge in [-0.3, -0.25) is 9.78 Å². The van der Waals surface area contributed by atoms with Crippen molar-refractivity contribution in [2.75, 3.05) is 19.8 Å². The van der Waals surface area contributed by atoms with Crippen LogP contribution < -0.4 is 19.5 Å². The van der Waals surface area contributed by atoms with Crippen molar-refractivity contribution in [1.29, 1.82) is 0 Å². The third kappa shape index (κ3) is 6.01. The fourth-order valence-electron chi connectivity index (χ4n) is 3.37. The molecule has 33 heavy (non-hydrogen) atoms. The van der Waals surface area contributed by atoms with Crippen molar-refractivity contribution in [3.05, 3.63) is 96.3 Å². The van der Waals surface area contributed by atoms with E-state index in [4.69, 9.17) is 14.2 Å². The molecule has 168 valence electrons. The Morgan fingerprint density at radius 2 is 1.76 bits per heavy atom. The largest absolute Gasteiger partial charge is 0.492 e. The highest BCUT2D eigenvalue weighted by atomic mass is 16.5. The van der Waals surface area contributed by atoms with Crippen LogP contribution in [0, 0.1) is 0 Å². The van der Waals surface area contributed by atoms with Gasteiger partial charge in [0.25, 0.3) is 5.91 Å². The lowest BCUT2D eigenvalue weighted by atomic mass is 10.1. The SMILES string of the molecule is CCOc1cc(C(=O)NCCOc2ccc3ccccc3c2)ccc1OCc1cccnc1. The smallest absolute Gasteiger partial charge is 0.251 e. The minimum atomic E-state index is -0.197. The Morgan fingerprint density at radius 3 is 2.58 bits per heavy atom. The molecule has 4 aromatic rings. The predicted octanol–water partition coefficient (Wildman–Crippen LogP) is 5.02. The molecule has 0 saturated carbocycles. The Bertz CT molecular complexity index is 1210. The van der Waals surface area contributed by atoms with Crippen LogP contribution in [0.15, 0.2) is 85.2 Å². The molecule has 6 nitrogen and oxygen atoms in total. The Morgan fingerprint density at radius 1 is 0.879 bits per heavy atom. The van der Waals surface area contributed by atoms with Crippen molar-refractivity contribution in [1.82, 2.24) is 10.3 Å². The van der Waals surface area contributed by atoms with E-state index in [1.165, 1.54) is 0 Å². The molecule has 0 aliphatic carbocycles. The fourth-order valence-corrected chi connectivity index (χ4v) is 3.37. The second-order valence-corrected chi connectivity index (χ2v) is 7.36. The summed E-state index contributed by atoms with van der Waals surface area (Å²) in [5.41, 5.74) is 1.45. The average Bonchev–Trinajstić information content (AvgIpc) is 2.86. The standard InChI is InChI=1S/C27H26N2O4/c1-2-31-26-17-23(10-12-25(26)33-19-20-6-5-13-28-18-20)27(30)29-14-15-32-24-11-9-21-7-3-4-8-22(21)16-24/h3-13,16-18H,2,14-15,19H2,1H3,(H,29,30). The zero-order chi connectivity index (χ0) is 22.9. The number of carbonyl (C=O) groups is 1. The molecule has 1 heterocycles. The lowest BCUT2D eigenvalue weighted by Crippen LogP contribution is -2.28. The number of nitrogens with one attached hydrogen (secondary N) is 1. The summed E-state index contributed by atoms with van der Waals surface area (Å²) >= 11 is 0. The van der Waals surface area contributed by atoms with E-state index in [0.717, 1.165) is 22.1 Å². The number of benzene rings is 3. The number of pyridine rings is 1. The van der Waals surface area contributed by atoms with E-state index in [9.17, 15) is 4.79 Å². The summed E-state index contributed by atoms with van der Waals surface area (Å²) in [7, 11) is 0. The molecule has 0 saturated heterocycles. The quantitative estimate of drug-likeness (QED) is 0.349. The van der Waals surface area contributed by atoms with E-state index in [-0.39, 0.29) is 5.91 Å². The molecule has 1 amide bonds. The van der Waals surface area contributed by atoms with Crippen molar-refractivity contribution >= 4 is 16.7 Å². The highest BCUT2D eigenvalue weighted by Gasteiger charge is 2.12. The second kappa shape index (κ2) is 11.0. The van der Waals surface area contributed by atoms with Crippen LogP contribution >= 0.6 is 0 Å². The summed E-state index contributed by atoms with van der Waals surface area (Å²) in [4.78, 5) is 16.7. The van der Waals surface area contributed by atoms with E-state index in [0.29, 0.717) is 43.4 Å². The predicted molar refractivity (Wildman–Crippen MR) is 128 cm³/mol. The van der Waals surface area contributed by atoms with Crippen LogP contribution in [-0.2, 0) is 6.61 Å². The molecule has 0 spiro atoms. The molecule has 0 aliphatic heterocycles. The fraction of sp³-hybridized carbons (Fsp3) is 0.185. The van der Waals surface area contributed by atoms with Crippen LogP contribution in [0.1, 0.15) is 22.8 Å². The first-order valence-corrected chi connectivity index (χ1v) is 10.9. The minimum absolute atomic E-state index is 0.197. The molecule has 3 aromatic carbocycles. The third-order valence-electron chi connectivity index (χ3n) is 5.00. The zero-order valence-corrected chi connectivity index (χ0v) is 18.5. The maximum Gasteiger partial charge on any atom is 0.251 e. The zero-order valence-electron chi connectivity index (χ0n) is 18.5. The third-order valence-corrected chi connectivity index (χ3v) is 5.00. The Hall–Kier alpha value is -4.06. The van der Waals surface area contributed by atoms with Gasteiger partial charge in [0.1, 0.15) is 19.0 Å². The molecule has 0 atom stereocenters. The van der Waals surface area contributed by atoms with Crippen LogP contribution in [0.2, 0.25) is 0 Å². The number of nitrogens with zero attached hydrogens (tertiary/aromatic N) is 1. The van der Waals surface area contributed by atoms with Crippen molar-refractivity contribution in [3.63, 3.8) is 0 Å². The van der Waals surface area contributed by atoms with Crippen LogP contribution in [0.5, 0.6) is 17.2 Å². The van der Waals surface area contributed by atoms with Gasteiger partial charge < -0.3 is 19.5 Å². The highest BCUT2D eigenvalue weighted by molar-refractivity contribution is 5.94. The number of hydrogen-bond donors (Lipinski definition) is 1. The summed E-state index contributed by atoms with van der Waals surface area (Å²) in [5, 5.41) is 5.17. The number of carbonyl (C=O) groups excluding carboxylic acids is 1. The first-order chi connectivity index (χ1) is 16.2. The molecular formula is C27H26N2O4. The Balaban J connectivity index is 1.31. The van der Waals surface area contributed by atoms with Gasteiger partial charge >= 0.3 is 0 Å². The van der Waals surface area contributed by atoms with E-state index >= 15 is 0 Å². The summed E-state index contributed by atoms with van der Waals surface area (Å²) in [6.07, 6.45) is 3.47. The van der Waals surface area contributed by atoms with Crippen LogP contribution in [0.3, 0.4) is 0 Å². The number of amides is 1. The Labute approximate surface area is 193 Å². The van der Waals surface area contributed by atoms with Gasteiger partial charge in [0, 0.05) is 23.5 Å². The van der Waals surface area contributed by atoms with E-state index < -0.39 is 0 Å². The maximum absolute atomic E-state index is 12.6. The number of fused-ring (bicyclic) bond motifs is 1. The lowest BCUT2D eigenvalue weighted by molar-refractivity contribution is 0.0946. The first kappa shape index (κ1) is 22.1. The Kier molecular flexibility index (Phi) is 7.38. The molecule has 1 N–H and O–H groups in total. The van der Waals surface area contributed by atoms with Crippen LogP contribution in [-0.4, -0.2) is 30.6 Å².